The zero-order chi connectivity index (χ0) is 12.8. The molecule has 4 heteroatoms. The molecular weight excluding hydrogens is 226 g/mol. The lowest BCUT2D eigenvalue weighted by Crippen LogP contribution is -2.56. The normalized spacial score (nSPS) is 19.8. The highest BCUT2D eigenvalue weighted by Gasteiger charge is 2.24. The van der Waals surface area contributed by atoms with E-state index >= 15 is 0 Å². The summed E-state index contributed by atoms with van der Waals surface area (Å²) in [6.07, 6.45) is 1.38. The number of nitrogens with one attached hydrogen (secondary N) is 1. The van der Waals surface area contributed by atoms with Gasteiger partial charge in [0, 0.05) is 32.6 Å². The van der Waals surface area contributed by atoms with Crippen molar-refractivity contribution in [1.82, 2.24) is 10.2 Å². The Hall–Kier alpha value is -1.39. The van der Waals surface area contributed by atoms with Crippen LogP contribution in [0.15, 0.2) is 30.3 Å². The maximum atomic E-state index is 12.2. The van der Waals surface area contributed by atoms with Crippen LogP contribution in [0, 0.1) is 0 Å². The van der Waals surface area contributed by atoms with E-state index < -0.39 is 0 Å². The SMILES string of the molecule is NCC1CNCCN1C(=O)CCc1ccccc1. The Bertz CT molecular complexity index is 380. The van der Waals surface area contributed by atoms with E-state index in [2.05, 4.69) is 17.4 Å². The van der Waals surface area contributed by atoms with Crippen LogP contribution in [0.5, 0.6) is 0 Å². The zero-order valence-corrected chi connectivity index (χ0v) is 10.6. The third kappa shape index (κ3) is 3.31. The van der Waals surface area contributed by atoms with Crippen molar-refractivity contribution in [3.8, 4) is 0 Å². The number of benzene rings is 1. The van der Waals surface area contributed by atoms with Crippen molar-refractivity contribution >= 4 is 5.91 Å². The molecule has 1 aliphatic heterocycles. The van der Waals surface area contributed by atoms with Crippen LogP contribution in [0.1, 0.15) is 12.0 Å². The second-order valence-corrected chi connectivity index (χ2v) is 4.67. The summed E-state index contributed by atoms with van der Waals surface area (Å²) in [5.74, 6) is 0.218. The van der Waals surface area contributed by atoms with E-state index in [-0.39, 0.29) is 11.9 Å². The highest BCUT2D eigenvalue weighted by atomic mass is 16.2. The average molecular weight is 247 g/mol. The Balaban J connectivity index is 1.87. The second-order valence-electron chi connectivity index (χ2n) is 4.67. The molecule has 0 saturated carbocycles. The minimum absolute atomic E-state index is 0.155. The van der Waals surface area contributed by atoms with Gasteiger partial charge in [0.25, 0.3) is 0 Å². The number of piperazine rings is 1. The Morgan fingerprint density at radius 1 is 1.39 bits per heavy atom. The molecular formula is C14H21N3O. The molecule has 0 aliphatic carbocycles. The van der Waals surface area contributed by atoms with Crippen molar-refractivity contribution < 1.29 is 4.79 Å². The molecule has 18 heavy (non-hydrogen) atoms. The molecule has 0 bridgehead atoms. The van der Waals surface area contributed by atoms with Crippen molar-refractivity contribution in [1.29, 1.82) is 0 Å². The van der Waals surface area contributed by atoms with Gasteiger partial charge in [-0.25, -0.2) is 0 Å². The first-order chi connectivity index (χ1) is 8.81. The number of carbonyl (C=O) groups excluding carboxylic acids is 1. The van der Waals surface area contributed by atoms with Crippen LogP contribution in [0.4, 0.5) is 0 Å². The predicted octanol–water partition coefficient (Wildman–Crippen LogP) is 0.378. The summed E-state index contributed by atoms with van der Waals surface area (Å²) in [5.41, 5.74) is 6.92. The molecule has 1 saturated heterocycles. The summed E-state index contributed by atoms with van der Waals surface area (Å²) in [7, 11) is 0. The molecule has 4 nitrogen and oxygen atoms in total. The molecule has 3 N–H and O–H groups in total. The number of nitrogens with two attached hydrogens (primary N) is 1. The second kappa shape index (κ2) is 6.52. The largest absolute Gasteiger partial charge is 0.336 e. The number of nitrogens with zero attached hydrogens (tertiary/aromatic N) is 1. The minimum Gasteiger partial charge on any atom is -0.336 e. The smallest absolute Gasteiger partial charge is 0.223 e. The van der Waals surface area contributed by atoms with Gasteiger partial charge >= 0.3 is 0 Å². The number of hydrogen-bond donors (Lipinski definition) is 2. The van der Waals surface area contributed by atoms with Crippen molar-refractivity contribution in [3.63, 3.8) is 0 Å². The van der Waals surface area contributed by atoms with E-state index in [1.807, 2.05) is 23.1 Å². The van der Waals surface area contributed by atoms with E-state index in [4.69, 9.17) is 5.73 Å². The Labute approximate surface area is 108 Å². The maximum absolute atomic E-state index is 12.2. The van der Waals surface area contributed by atoms with Gasteiger partial charge in [0.15, 0.2) is 0 Å². The topological polar surface area (TPSA) is 58.4 Å². The van der Waals surface area contributed by atoms with Gasteiger partial charge in [-0.1, -0.05) is 30.3 Å². The molecule has 1 fully saturated rings. The van der Waals surface area contributed by atoms with Crippen molar-refractivity contribution in [2.24, 2.45) is 5.73 Å². The van der Waals surface area contributed by atoms with Gasteiger partial charge < -0.3 is 16.0 Å². The first-order valence-electron chi connectivity index (χ1n) is 6.55. The molecule has 0 radical (unpaired) electrons. The fourth-order valence-electron chi connectivity index (χ4n) is 2.34. The summed E-state index contributed by atoms with van der Waals surface area (Å²) >= 11 is 0. The number of rotatable bonds is 4. The van der Waals surface area contributed by atoms with Crippen LogP contribution < -0.4 is 11.1 Å². The summed E-state index contributed by atoms with van der Waals surface area (Å²) in [6, 6.07) is 10.3. The number of carbonyl (C=O) groups is 1. The lowest BCUT2D eigenvalue weighted by atomic mass is 10.1. The Morgan fingerprint density at radius 3 is 2.89 bits per heavy atom. The molecule has 98 valence electrons. The molecule has 1 aromatic rings. The molecule has 0 aromatic heterocycles. The van der Waals surface area contributed by atoms with E-state index in [0.717, 1.165) is 26.1 Å². The standard InChI is InChI=1S/C14H21N3O/c15-10-13-11-16-8-9-17(13)14(18)7-6-12-4-2-1-3-5-12/h1-5,13,16H,6-11,15H2. The van der Waals surface area contributed by atoms with Crippen LogP contribution in [0.25, 0.3) is 0 Å². The molecule has 0 spiro atoms. The highest BCUT2D eigenvalue weighted by Crippen LogP contribution is 2.08. The van der Waals surface area contributed by atoms with E-state index in [1.54, 1.807) is 0 Å². The summed E-state index contributed by atoms with van der Waals surface area (Å²) in [5, 5.41) is 3.27. The lowest BCUT2D eigenvalue weighted by molar-refractivity contribution is -0.134. The van der Waals surface area contributed by atoms with Crippen molar-refractivity contribution in [2.75, 3.05) is 26.2 Å². The number of aryl methyl sites for hydroxylation is 1. The van der Waals surface area contributed by atoms with Crippen LogP contribution in [0.3, 0.4) is 0 Å². The van der Waals surface area contributed by atoms with E-state index in [0.29, 0.717) is 13.0 Å². The lowest BCUT2D eigenvalue weighted by Gasteiger charge is -2.35. The van der Waals surface area contributed by atoms with Crippen LogP contribution in [-0.2, 0) is 11.2 Å². The molecule has 1 unspecified atom stereocenters. The predicted molar refractivity (Wildman–Crippen MR) is 72.2 cm³/mol. The first kappa shape index (κ1) is 13.1. The fraction of sp³-hybridized carbons (Fsp3) is 0.500. The molecule has 1 heterocycles. The minimum atomic E-state index is 0.155. The molecule has 2 rings (SSSR count). The quantitative estimate of drug-likeness (QED) is 0.808. The number of amides is 1. The van der Waals surface area contributed by atoms with Gasteiger partial charge in [0.05, 0.1) is 6.04 Å². The maximum Gasteiger partial charge on any atom is 0.223 e. The number of hydrogen-bond acceptors (Lipinski definition) is 3. The van der Waals surface area contributed by atoms with E-state index in [1.165, 1.54) is 5.56 Å². The average Bonchev–Trinajstić information content (AvgIpc) is 2.45. The fourth-order valence-corrected chi connectivity index (χ4v) is 2.34. The molecule has 1 aromatic carbocycles. The van der Waals surface area contributed by atoms with Gasteiger partial charge in [-0.05, 0) is 12.0 Å². The van der Waals surface area contributed by atoms with Gasteiger partial charge in [-0.2, -0.15) is 0 Å². The molecule has 1 amide bonds. The van der Waals surface area contributed by atoms with Gasteiger partial charge in [-0.15, -0.1) is 0 Å². The zero-order valence-electron chi connectivity index (χ0n) is 10.6. The highest BCUT2D eigenvalue weighted by molar-refractivity contribution is 5.77. The van der Waals surface area contributed by atoms with Crippen LogP contribution >= 0.6 is 0 Å². The van der Waals surface area contributed by atoms with Gasteiger partial charge in [0.1, 0.15) is 0 Å². The molecule has 1 atom stereocenters. The van der Waals surface area contributed by atoms with Crippen LogP contribution in [-0.4, -0.2) is 43.0 Å². The Morgan fingerprint density at radius 2 is 2.17 bits per heavy atom. The molecule has 1 aliphatic rings. The summed E-state index contributed by atoms with van der Waals surface area (Å²) < 4.78 is 0. The monoisotopic (exact) mass is 247 g/mol. The van der Waals surface area contributed by atoms with Crippen LogP contribution in [0.2, 0.25) is 0 Å². The van der Waals surface area contributed by atoms with Crippen molar-refractivity contribution in [2.45, 2.75) is 18.9 Å². The third-order valence-corrected chi connectivity index (χ3v) is 3.41. The summed E-state index contributed by atoms with van der Waals surface area (Å²) in [6.45, 7) is 2.99. The van der Waals surface area contributed by atoms with Crippen molar-refractivity contribution in [3.05, 3.63) is 35.9 Å². The Kier molecular flexibility index (Phi) is 4.73. The first-order valence-corrected chi connectivity index (χ1v) is 6.55. The van der Waals surface area contributed by atoms with Gasteiger partial charge in [0.2, 0.25) is 5.91 Å². The van der Waals surface area contributed by atoms with Gasteiger partial charge in [-0.3, -0.25) is 4.79 Å². The third-order valence-electron chi connectivity index (χ3n) is 3.41. The van der Waals surface area contributed by atoms with E-state index in [9.17, 15) is 4.79 Å². The summed E-state index contributed by atoms with van der Waals surface area (Å²) in [4.78, 5) is 14.1.